The molecule has 0 radical (unpaired) electrons. The molecule has 3 heterocycles. The molecule has 13 nitrogen and oxygen atoms in total. The van der Waals surface area contributed by atoms with Gasteiger partial charge in [0.1, 0.15) is 18.5 Å². The maximum atomic E-state index is 13.3. The van der Waals surface area contributed by atoms with Crippen LogP contribution in [0, 0.1) is 23.7 Å². The summed E-state index contributed by atoms with van der Waals surface area (Å²) in [7, 11) is 3.43. The molecule has 1 aromatic carbocycles. The lowest BCUT2D eigenvalue weighted by Gasteiger charge is -2.46. The van der Waals surface area contributed by atoms with Crippen LogP contribution in [-0.2, 0) is 39.8 Å². The van der Waals surface area contributed by atoms with E-state index in [1.165, 1.54) is 12.3 Å². The van der Waals surface area contributed by atoms with E-state index in [-0.39, 0.29) is 25.2 Å². The third-order valence-electron chi connectivity index (χ3n) is 10.6. The lowest BCUT2D eigenvalue weighted by molar-refractivity contribution is -0.345. The van der Waals surface area contributed by atoms with Crippen LogP contribution in [0.5, 0.6) is 0 Å². The number of aldehydes is 1. The van der Waals surface area contributed by atoms with Crippen molar-refractivity contribution < 1.29 is 53.8 Å². The zero-order valence-electron chi connectivity index (χ0n) is 32.6. The smallest absolute Gasteiger partial charge is 0.308 e. The molecule has 4 rings (SSSR count). The van der Waals surface area contributed by atoms with E-state index >= 15 is 0 Å². The summed E-state index contributed by atoms with van der Waals surface area (Å²) in [4.78, 5) is 44.7. The molecule has 2 aromatic rings. The number of likely N-dealkylation sites (N-methyl/N-ethyl adjacent to an activating group) is 1. The number of fused-ring (bicyclic) bond motifs is 1. The number of ketones is 1. The Morgan fingerprint density at radius 3 is 2.51 bits per heavy atom. The first-order valence-electron chi connectivity index (χ1n) is 19.1. The molecule has 2 aliphatic heterocycles. The van der Waals surface area contributed by atoms with Crippen LogP contribution in [0.3, 0.4) is 0 Å². The van der Waals surface area contributed by atoms with Gasteiger partial charge in [0.25, 0.3) is 0 Å². The minimum atomic E-state index is -1.56. The number of carbonyl (C=O) groups is 3. The van der Waals surface area contributed by atoms with Gasteiger partial charge in [-0.1, -0.05) is 56.7 Å². The highest BCUT2D eigenvalue weighted by atomic mass is 16.8. The van der Waals surface area contributed by atoms with Gasteiger partial charge in [0.05, 0.1) is 43.1 Å². The fourth-order valence-electron chi connectivity index (χ4n) is 7.43. The van der Waals surface area contributed by atoms with E-state index in [2.05, 4.69) is 4.98 Å². The fraction of sp³-hybridized carbons (Fsp3) is 0.571. The molecule has 4 N–H and O–H groups in total. The van der Waals surface area contributed by atoms with E-state index in [0.717, 1.165) is 16.5 Å². The van der Waals surface area contributed by atoms with Gasteiger partial charge in [-0.2, -0.15) is 0 Å². The summed E-state index contributed by atoms with van der Waals surface area (Å²) in [5.74, 6) is -3.51. The van der Waals surface area contributed by atoms with Crippen LogP contribution in [0.1, 0.15) is 58.9 Å². The number of esters is 1. The largest absolute Gasteiger partial charge is 0.491 e. The van der Waals surface area contributed by atoms with E-state index in [4.69, 9.17) is 18.9 Å². The van der Waals surface area contributed by atoms with Gasteiger partial charge in [0.15, 0.2) is 24.5 Å². The Morgan fingerprint density at radius 2 is 1.82 bits per heavy atom. The highest BCUT2D eigenvalue weighted by Gasteiger charge is 2.49. The Morgan fingerprint density at radius 1 is 1.07 bits per heavy atom. The number of para-hydroxylation sites is 1. The Labute approximate surface area is 323 Å². The van der Waals surface area contributed by atoms with Crippen molar-refractivity contribution in [2.24, 2.45) is 23.7 Å². The van der Waals surface area contributed by atoms with Crippen LogP contribution in [-0.4, -0.2) is 118 Å². The van der Waals surface area contributed by atoms with Crippen LogP contribution < -0.4 is 0 Å². The third-order valence-corrected chi connectivity index (χ3v) is 10.6. The number of ether oxygens (including phenoxy) is 4. The number of benzene rings is 1. The van der Waals surface area contributed by atoms with Crippen molar-refractivity contribution in [3.05, 3.63) is 78.2 Å². The molecule has 0 aliphatic carbocycles. The minimum Gasteiger partial charge on any atom is -0.491 e. The SMILES string of the molecule is CC[C@H]1OC(=O)C[C@@H](O)[C@H](C)[C@@H](O[C@@H]2O[C@H](O)[C@@H](O/C=C\Cc3cnc4ccccc4c3)[C@H](N(C)C)[C@H]2O)[C@@H](CC=O)C[C@@H](C)C(=O)/C=C/C(C)=C/[C@@H]1CO. The van der Waals surface area contributed by atoms with Crippen molar-refractivity contribution in [2.75, 3.05) is 20.7 Å². The number of aliphatic hydroxyl groups is 4. The number of rotatable bonds is 11. The van der Waals surface area contributed by atoms with Gasteiger partial charge in [-0.15, -0.1) is 0 Å². The third kappa shape index (κ3) is 11.8. The Bertz CT molecular complexity index is 1660. The van der Waals surface area contributed by atoms with E-state index in [9.17, 15) is 34.8 Å². The minimum absolute atomic E-state index is 0.0612. The van der Waals surface area contributed by atoms with Crippen molar-refractivity contribution in [1.29, 1.82) is 0 Å². The molecule has 0 unspecified atom stereocenters. The zero-order chi connectivity index (χ0) is 40.2. The predicted octanol–water partition coefficient (Wildman–Crippen LogP) is 3.66. The summed E-state index contributed by atoms with van der Waals surface area (Å²) in [5.41, 5.74) is 2.54. The van der Waals surface area contributed by atoms with Gasteiger partial charge >= 0.3 is 5.97 Å². The van der Waals surface area contributed by atoms with Crippen molar-refractivity contribution in [2.45, 2.75) is 109 Å². The molecule has 1 fully saturated rings. The van der Waals surface area contributed by atoms with E-state index in [1.54, 1.807) is 64.2 Å². The molecule has 0 saturated carbocycles. The number of hydrogen-bond acceptors (Lipinski definition) is 13. The van der Waals surface area contributed by atoms with E-state index in [1.807, 2.05) is 37.3 Å². The molecule has 0 spiro atoms. The summed E-state index contributed by atoms with van der Waals surface area (Å²) in [6.45, 7) is 6.68. The van der Waals surface area contributed by atoms with Crippen LogP contribution in [0.15, 0.2) is 72.7 Å². The number of carbonyl (C=O) groups excluding carboxylic acids is 3. The highest BCUT2D eigenvalue weighted by molar-refractivity contribution is 5.91. The standard InChI is InChI=1S/C42H58N2O11/c1-7-35-31(24-46)19-25(2)14-15-33(47)26(3)20-30(16-17-45)39(27(4)34(48)22-36(49)53-35)54-42-38(50)37(44(5)6)40(41(51)55-42)52-18-10-11-28-21-29-12-8-9-13-32(29)43-23-28/h8-10,12-15,17-19,21,23,26-27,30-31,34-35,37-42,46,48,50-51H,7,11,16,20,22,24H2,1-6H3/b15-14+,18-10-,25-19+/t26-,27+,30+,31-,34-,35-,37-,38-,39-,40+,41+,42-/m1/s1. The maximum absolute atomic E-state index is 13.3. The summed E-state index contributed by atoms with van der Waals surface area (Å²) in [6.07, 6.45) is 2.65. The lowest BCUT2D eigenvalue weighted by atomic mass is 9.79. The molecular formula is C42H58N2O11. The van der Waals surface area contributed by atoms with Gasteiger partial charge in [0, 0.05) is 35.8 Å². The quantitative estimate of drug-likeness (QED) is 0.148. The molecule has 12 atom stereocenters. The number of nitrogens with zero attached hydrogens (tertiary/aromatic N) is 2. The molecule has 2 aliphatic rings. The summed E-state index contributed by atoms with van der Waals surface area (Å²) >= 11 is 0. The molecule has 302 valence electrons. The average molecular weight is 767 g/mol. The maximum Gasteiger partial charge on any atom is 0.308 e. The van der Waals surface area contributed by atoms with Crippen LogP contribution >= 0.6 is 0 Å². The van der Waals surface area contributed by atoms with Gasteiger partial charge in [-0.05, 0) is 76.0 Å². The Kier molecular flexibility index (Phi) is 16.7. The second-order valence-corrected chi connectivity index (χ2v) is 15.0. The first-order chi connectivity index (χ1) is 26.3. The van der Waals surface area contributed by atoms with Crippen molar-refractivity contribution >= 4 is 28.9 Å². The van der Waals surface area contributed by atoms with Crippen LogP contribution in [0.25, 0.3) is 10.9 Å². The molecule has 55 heavy (non-hydrogen) atoms. The number of pyridine rings is 1. The van der Waals surface area contributed by atoms with Crippen molar-refractivity contribution in [3.63, 3.8) is 0 Å². The number of aliphatic hydroxyl groups excluding tert-OH is 4. The Hall–Kier alpha value is -3.82. The second kappa shape index (κ2) is 20.9. The lowest BCUT2D eigenvalue weighted by Crippen LogP contribution is -2.64. The monoisotopic (exact) mass is 766 g/mol. The topological polar surface area (TPSA) is 185 Å². The van der Waals surface area contributed by atoms with Gasteiger partial charge in [-0.25, -0.2) is 0 Å². The molecule has 13 heteroatoms. The normalized spacial score (nSPS) is 34.6. The van der Waals surface area contributed by atoms with Crippen molar-refractivity contribution in [1.82, 2.24) is 9.88 Å². The molecule has 1 saturated heterocycles. The predicted molar refractivity (Wildman–Crippen MR) is 205 cm³/mol. The van der Waals surface area contributed by atoms with Crippen LogP contribution in [0.2, 0.25) is 0 Å². The van der Waals surface area contributed by atoms with Crippen molar-refractivity contribution in [3.8, 4) is 0 Å². The second-order valence-electron chi connectivity index (χ2n) is 15.0. The first-order valence-corrected chi connectivity index (χ1v) is 19.1. The number of allylic oxidation sites excluding steroid dienone is 4. The van der Waals surface area contributed by atoms with Crippen LogP contribution in [0.4, 0.5) is 0 Å². The van der Waals surface area contributed by atoms with Gasteiger partial charge in [0.2, 0.25) is 0 Å². The van der Waals surface area contributed by atoms with E-state index in [0.29, 0.717) is 24.7 Å². The molecule has 0 bridgehead atoms. The Balaban J connectivity index is 1.57. The van der Waals surface area contributed by atoms with E-state index < -0.39 is 85.2 Å². The summed E-state index contributed by atoms with van der Waals surface area (Å²) in [5, 5.41) is 45.5. The molecular weight excluding hydrogens is 708 g/mol. The van der Waals surface area contributed by atoms with Gasteiger partial charge in [-0.3, -0.25) is 14.6 Å². The number of hydrogen-bond donors (Lipinski definition) is 4. The molecule has 0 amide bonds. The first kappa shape index (κ1) is 43.9. The zero-order valence-corrected chi connectivity index (χ0v) is 32.6. The molecule has 1 aromatic heterocycles. The summed E-state index contributed by atoms with van der Waals surface area (Å²) < 4.78 is 24.0. The number of aromatic nitrogens is 1. The highest BCUT2D eigenvalue weighted by Crippen LogP contribution is 2.35. The number of cyclic esters (lactones) is 1. The van der Waals surface area contributed by atoms with Gasteiger partial charge < -0.3 is 49.1 Å². The summed E-state index contributed by atoms with van der Waals surface area (Å²) in [6, 6.07) is 9.00. The average Bonchev–Trinajstić information content (AvgIpc) is 3.16. The fourth-order valence-corrected chi connectivity index (χ4v) is 7.43.